The van der Waals surface area contributed by atoms with Gasteiger partial charge >= 0.3 is 6.09 Å². The van der Waals surface area contributed by atoms with Gasteiger partial charge in [0, 0.05) is 6.54 Å². The molecule has 1 amide bonds. The molecule has 2 atom stereocenters. The highest BCUT2D eigenvalue weighted by atomic mass is 16.6. The van der Waals surface area contributed by atoms with Crippen LogP contribution in [-0.4, -0.2) is 35.5 Å². The molecule has 1 fully saturated rings. The minimum atomic E-state index is -0.508. The molecule has 0 aromatic heterocycles. The molecule has 1 rings (SSSR count). The number of aldehydes is 1. The molecule has 0 saturated carbocycles. The molecule has 1 heterocycles. The summed E-state index contributed by atoms with van der Waals surface area (Å²) in [6.07, 6.45) is 3.28. The predicted molar refractivity (Wildman–Crippen MR) is 65.8 cm³/mol. The number of hydrogen-bond acceptors (Lipinski definition) is 3. The summed E-state index contributed by atoms with van der Waals surface area (Å²) in [6.45, 7) is 8.24. The molecule has 1 aliphatic heterocycles. The van der Waals surface area contributed by atoms with Gasteiger partial charge in [-0.05, 0) is 39.5 Å². The zero-order chi connectivity index (χ0) is 13.1. The quantitative estimate of drug-likeness (QED) is 0.698. The molecule has 0 spiro atoms. The van der Waals surface area contributed by atoms with Crippen molar-refractivity contribution in [1.82, 2.24) is 4.90 Å². The lowest BCUT2D eigenvalue weighted by atomic mass is 9.90. The van der Waals surface area contributed by atoms with Crippen LogP contribution in [0.5, 0.6) is 0 Å². The Balaban J connectivity index is 2.64. The number of rotatable bonds is 2. The first-order valence-corrected chi connectivity index (χ1v) is 6.32. The molecule has 0 radical (unpaired) electrons. The van der Waals surface area contributed by atoms with E-state index in [-0.39, 0.29) is 12.1 Å². The first kappa shape index (κ1) is 14.0. The third kappa shape index (κ3) is 4.02. The topological polar surface area (TPSA) is 46.6 Å². The summed E-state index contributed by atoms with van der Waals surface area (Å²) in [4.78, 5) is 24.5. The summed E-state index contributed by atoms with van der Waals surface area (Å²) in [5.74, 6) is 0.545. The lowest BCUT2D eigenvalue weighted by Gasteiger charge is -2.37. The van der Waals surface area contributed by atoms with E-state index in [1.54, 1.807) is 4.90 Å². The minimum Gasteiger partial charge on any atom is -0.444 e. The van der Waals surface area contributed by atoms with Crippen molar-refractivity contribution in [2.75, 3.05) is 6.54 Å². The maximum atomic E-state index is 11.9. The Morgan fingerprint density at radius 2 is 2.12 bits per heavy atom. The predicted octanol–water partition coefficient (Wildman–Crippen LogP) is 2.61. The Morgan fingerprint density at radius 3 is 2.59 bits per heavy atom. The van der Waals surface area contributed by atoms with E-state index in [1.165, 1.54) is 0 Å². The van der Waals surface area contributed by atoms with Crippen LogP contribution in [0, 0.1) is 5.92 Å². The van der Waals surface area contributed by atoms with Crippen LogP contribution in [0.15, 0.2) is 0 Å². The molecular formula is C13H23NO3. The fourth-order valence-electron chi connectivity index (χ4n) is 2.12. The maximum Gasteiger partial charge on any atom is 0.410 e. The van der Waals surface area contributed by atoms with Gasteiger partial charge in [-0.3, -0.25) is 4.90 Å². The third-order valence-corrected chi connectivity index (χ3v) is 3.12. The molecule has 0 N–H and O–H groups in total. The second-order valence-electron chi connectivity index (χ2n) is 5.68. The summed E-state index contributed by atoms with van der Waals surface area (Å²) in [6, 6.07) is -0.316. The van der Waals surface area contributed by atoms with E-state index in [4.69, 9.17) is 4.74 Å². The third-order valence-electron chi connectivity index (χ3n) is 3.12. The van der Waals surface area contributed by atoms with Crippen molar-refractivity contribution in [2.24, 2.45) is 5.92 Å². The Labute approximate surface area is 103 Å². The lowest BCUT2D eigenvalue weighted by molar-refractivity contribution is -0.114. The van der Waals surface area contributed by atoms with E-state index in [0.717, 1.165) is 25.5 Å². The molecule has 0 bridgehead atoms. The van der Waals surface area contributed by atoms with Crippen LogP contribution in [-0.2, 0) is 9.53 Å². The Bertz CT molecular complexity index is 283. The number of carbonyl (C=O) groups excluding carboxylic acids is 2. The fraction of sp³-hybridized carbons (Fsp3) is 0.846. The smallest absolute Gasteiger partial charge is 0.410 e. The van der Waals surface area contributed by atoms with Gasteiger partial charge in [-0.25, -0.2) is 4.79 Å². The Kier molecular flexibility index (Phi) is 4.54. The van der Waals surface area contributed by atoms with Gasteiger partial charge in [-0.2, -0.15) is 0 Å². The molecular weight excluding hydrogens is 218 g/mol. The van der Waals surface area contributed by atoms with Crippen molar-refractivity contribution in [1.29, 1.82) is 0 Å². The van der Waals surface area contributed by atoms with Crippen LogP contribution in [0.3, 0.4) is 0 Å². The Morgan fingerprint density at radius 1 is 1.47 bits per heavy atom. The second kappa shape index (κ2) is 5.52. The van der Waals surface area contributed by atoms with Crippen molar-refractivity contribution in [3.8, 4) is 0 Å². The Hall–Kier alpha value is -1.06. The van der Waals surface area contributed by atoms with Gasteiger partial charge in [0.25, 0.3) is 0 Å². The molecule has 17 heavy (non-hydrogen) atoms. The lowest BCUT2D eigenvalue weighted by Crippen LogP contribution is -2.48. The molecule has 4 heteroatoms. The van der Waals surface area contributed by atoms with Crippen molar-refractivity contribution in [2.45, 2.75) is 58.6 Å². The molecule has 1 saturated heterocycles. The highest BCUT2D eigenvalue weighted by molar-refractivity contribution is 5.74. The normalized spacial score (nSPS) is 25.5. The van der Waals surface area contributed by atoms with Crippen molar-refractivity contribution in [3.63, 3.8) is 0 Å². The van der Waals surface area contributed by atoms with Gasteiger partial charge < -0.3 is 9.53 Å². The number of ether oxygens (including phenoxy) is 1. The van der Waals surface area contributed by atoms with Gasteiger partial charge in [0.1, 0.15) is 11.9 Å². The highest BCUT2D eigenvalue weighted by Gasteiger charge is 2.33. The summed E-state index contributed by atoms with van der Waals surface area (Å²) in [5.41, 5.74) is -0.508. The van der Waals surface area contributed by atoms with E-state index in [1.807, 2.05) is 20.8 Å². The van der Waals surface area contributed by atoms with Gasteiger partial charge in [-0.1, -0.05) is 13.3 Å². The zero-order valence-electron chi connectivity index (χ0n) is 11.2. The number of piperidine rings is 1. The largest absolute Gasteiger partial charge is 0.444 e. The van der Waals surface area contributed by atoms with Crippen LogP contribution < -0.4 is 0 Å². The van der Waals surface area contributed by atoms with Gasteiger partial charge in [0.15, 0.2) is 0 Å². The first-order valence-electron chi connectivity index (χ1n) is 6.32. The molecule has 0 aliphatic carbocycles. The van der Waals surface area contributed by atoms with Crippen molar-refractivity contribution in [3.05, 3.63) is 0 Å². The fourth-order valence-corrected chi connectivity index (χ4v) is 2.12. The average molecular weight is 241 g/mol. The second-order valence-corrected chi connectivity index (χ2v) is 5.68. The minimum absolute atomic E-state index is 0.316. The highest BCUT2D eigenvalue weighted by Crippen LogP contribution is 2.25. The number of likely N-dealkylation sites (tertiary alicyclic amines) is 1. The van der Waals surface area contributed by atoms with E-state index < -0.39 is 5.60 Å². The molecule has 0 aromatic rings. The average Bonchev–Trinajstić information content (AvgIpc) is 2.25. The number of carbonyl (C=O) groups is 2. The van der Waals surface area contributed by atoms with E-state index in [9.17, 15) is 9.59 Å². The number of hydrogen-bond donors (Lipinski definition) is 0. The van der Waals surface area contributed by atoms with Crippen LogP contribution in [0.2, 0.25) is 0 Å². The van der Waals surface area contributed by atoms with Crippen LogP contribution in [0.1, 0.15) is 47.0 Å². The molecule has 4 nitrogen and oxygen atoms in total. The molecule has 0 unspecified atom stereocenters. The summed E-state index contributed by atoms with van der Waals surface area (Å²) in [7, 11) is 0. The summed E-state index contributed by atoms with van der Waals surface area (Å²) < 4.78 is 5.31. The van der Waals surface area contributed by atoms with E-state index in [0.29, 0.717) is 12.5 Å². The van der Waals surface area contributed by atoms with E-state index in [2.05, 4.69) is 6.92 Å². The zero-order valence-corrected chi connectivity index (χ0v) is 11.2. The van der Waals surface area contributed by atoms with Gasteiger partial charge in [0.05, 0.1) is 6.04 Å². The summed E-state index contributed by atoms with van der Waals surface area (Å²) >= 11 is 0. The summed E-state index contributed by atoms with van der Waals surface area (Å²) in [5, 5.41) is 0. The van der Waals surface area contributed by atoms with Crippen molar-refractivity contribution < 1.29 is 14.3 Å². The van der Waals surface area contributed by atoms with Crippen molar-refractivity contribution >= 4 is 12.4 Å². The SMILES string of the molecule is CC[C@H]1CCN(C(=O)OC(C)(C)C)[C@H](C=O)C1. The number of nitrogens with zero attached hydrogens (tertiary/aromatic N) is 1. The number of amides is 1. The van der Waals surface area contributed by atoms with Crippen LogP contribution >= 0.6 is 0 Å². The molecule has 1 aliphatic rings. The standard InChI is InChI=1S/C13H23NO3/c1-5-10-6-7-14(11(8-10)9-15)12(16)17-13(2,3)4/h9-11H,5-8H2,1-4H3/t10-,11-/m0/s1. The molecule has 98 valence electrons. The molecule has 0 aromatic carbocycles. The van der Waals surface area contributed by atoms with Gasteiger partial charge in [0.2, 0.25) is 0 Å². The van der Waals surface area contributed by atoms with Crippen LogP contribution in [0.25, 0.3) is 0 Å². The monoisotopic (exact) mass is 241 g/mol. The maximum absolute atomic E-state index is 11.9. The van der Waals surface area contributed by atoms with E-state index >= 15 is 0 Å². The van der Waals surface area contributed by atoms with Crippen LogP contribution in [0.4, 0.5) is 4.79 Å². The first-order chi connectivity index (χ1) is 7.87. The van der Waals surface area contributed by atoms with Gasteiger partial charge in [-0.15, -0.1) is 0 Å².